The third-order valence-corrected chi connectivity index (χ3v) is 5.92. The van der Waals surface area contributed by atoms with Gasteiger partial charge in [0.1, 0.15) is 12.1 Å². The third kappa shape index (κ3) is 3.60. The van der Waals surface area contributed by atoms with E-state index in [-0.39, 0.29) is 24.5 Å². The van der Waals surface area contributed by atoms with Crippen molar-refractivity contribution in [3.05, 3.63) is 0 Å². The van der Waals surface area contributed by atoms with Crippen molar-refractivity contribution in [1.82, 2.24) is 15.1 Å². The van der Waals surface area contributed by atoms with E-state index in [1.165, 1.54) is 13.5 Å². The summed E-state index contributed by atoms with van der Waals surface area (Å²) in [4.78, 5) is 40.9. The van der Waals surface area contributed by atoms with Crippen molar-refractivity contribution in [3.8, 4) is 0 Å². The molecule has 2 aliphatic heterocycles. The summed E-state index contributed by atoms with van der Waals surface area (Å²) in [5, 5.41) is 3.14. The molecular formula is C18H29N3O4. The third-order valence-electron chi connectivity index (χ3n) is 5.92. The van der Waals surface area contributed by atoms with Gasteiger partial charge in [-0.05, 0) is 38.5 Å². The smallest absolute Gasteiger partial charge is 0.325 e. The van der Waals surface area contributed by atoms with E-state index in [0.717, 1.165) is 38.5 Å². The predicted molar refractivity (Wildman–Crippen MR) is 91.9 cm³/mol. The van der Waals surface area contributed by atoms with Crippen LogP contribution in [0.3, 0.4) is 0 Å². The molecule has 0 radical (unpaired) electrons. The van der Waals surface area contributed by atoms with Gasteiger partial charge in [0.25, 0.3) is 0 Å². The minimum atomic E-state index is -0.773. The fraction of sp³-hybridized carbons (Fsp3) is 0.833. The normalized spacial score (nSPS) is 27.6. The monoisotopic (exact) mass is 351 g/mol. The number of carbonyl (C=O) groups is 3. The molecule has 0 aromatic rings. The Kier molecular flexibility index (Phi) is 5.49. The molecule has 7 nitrogen and oxygen atoms in total. The van der Waals surface area contributed by atoms with Crippen LogP contribution in [0.5, 0.6) is 0 Å². The zero-order valence-corrected chi connectivity index (χ0v) is 15.1. The molecule has 7 heteroatoms. The van der Waals surface area contributed by atoms with Crippen molar-refractivity contribution in [2.45, 2.75) is 69.4 Å². The fourth-order valence-electron chi connectivity index (χ4n) is 4.59. The van der Waals surface area contributed by atoms with Gasteiger partial charge in [0.2, 0.25) is 5.91 Å². The van der Waals surface area contributed by atoms with Crippen LogP contribution < -0.4 is 5.32 Å². The lowest BCUT2D eigenvalue weighted by molar-refractivity contribution is -0.154. The highest BCUT2D eigenvalue weighted by molar-refractivity contribution is 5.94. The zero-order valence-electron chi connectivity index (χ0n) is 15.1. The molecule has 2 heterocycles. The van der Waals surface area contributed by atoms with Crippen molar-refractivity contribution < 1.29 is 19.1 Å². The number of esters is 1. The average Bonchev–Trinajstić information content (AvgIpc) is 3.04. The molecule has 3 amide bonds. The first-order valence-electron chi connectivity index (χ1n) is 9.51. The largest absolute Gasteiger partial charge is 0.468 e. The van der Waals surface area contributed by atoms with Gasteiger partial charge in [0.15, 0.2) is 0 Å². The van der Waals surface area contributed by atoms with Crippen molar-refractivity contribution in [3.63, 3.8) is 0 Å². The lowest BCUT2D eigenvalue weighted by Crippen LogP contribution is -2.64. The summed E-state index contributed by atoms with van der Waals surface area (Å²) in [6, 6.07) is 0.112. The second-order valence-corrected chi connectivity index (χ2v) is 7.48. The lowest BCUT2D eigenvalue weighted by atomic mass is 9.85. The van der Waals surface area contributed by atoms with Gasteiger partial charge in [0.05, 0.1) is 7.11 Å². The Morgan fingerprint density at radius 2 is 1.80 bits per heavy atom. The summed E-state index contributed by atoms with van der Waals surface area (Å²) in [6.07, 6.45) is 8.59. The van der Waals surface area contributed by atoms with Crippen LogP contribution in [0, 0.1) is 0 Å². The van der Waals surface area contributed by atoms with Crippen molar-refractivity contribution in [1.29, 1.82) is 0 Å². The number of nitrogens with zero attached hydrogens (tertiary/aromatic N) is 2. The fourth-order valence-corrected chi connectivity index (χ4v) is 4.59. The van der Waals surface area contributed by atoms with E-state index in [1.807, 2.05) is 0 Å². The minimum absolute atomic E-state index is 0.0326. The van der Waals surface area contributed by atoms with Gasteiger partial charge in [0, 0.05) is 19.1 Å². The quantitative estimate of drug-likeness (QED) is 0.784. The second kappa shape index (κ2) is 7.62. The first-order valence-corrected chi connectivity index (χ1v) is 9.51. The van der Waals surface area contributed by atoms with E-state index < -0.39 is 11.5 Å². The number of hydrogen-bond acceptors (Lipinski definition) is 4. The molecule has 2 saturated heterocycles. The van der Waals surface area contributed by atoms with Crippen LogP contribution in [0.2, 0.25) is 0 Å². The van der Waals surface area contributed by atoms with Gasteiger partial charge >= 0.3 is 12.0 Å². The molecule has 1 aliphatic carbocycles. The number of urea groups is 1. The van der Waals surface area contributed by atoms with E-state index in [9.17, 15) is 14.4 Å². The summed E-state index contributed by atoms with van der Waals surface area (Å²) >= 11 is 0. The lowest BCUT2D eigenvalue weighted by Gasteiger charge is -2.44. The molecule has 3 fully saturated rings. The Balaban J connectivity index is 1.70. The molecular weight excluding hydrogens is 322 g/mol. The number of nitrogens with one attached hydrogen (secondary N) is 1. The molecule has 1 spiro atoms. The molecule has 0 aromatic heterocycles. The van der Waals surface area contributed by atoms with Gasteiger partial charge in [-0.15, -0.1) is 0 Å². The molecule has 1 N–H and O–H groups in total. The summed E-state index contributed by atoms with van der Waals surface area (Å²) in [5.41, 5.74) is -0.773. The van der Waals surface area contributed by atoms with Crippen molar-refractivity contribution in [2.24, 2.45) is 0 Å². The van der Waals surface area contributed by atoms with E-state index in [4.69, 9.17) is 4.74 Å². The highest BCUT2D eigenvalue weighted by atomic mass is 16.5. The second-order valence-electron chi connectivity index (χ2n) is 7.48. The highest BCUT2D eigenvalue weighted by Crippen LogP contribution is 2.38. The number of rotatable bonds is 3. The number of hydrogen-bond donors (Lipinski definition) is 1. The van der Waals surface area contributed by atoms with E-state index in [2.05, 4.69) is 5.32 Å². The average molecular weight is 351 g/mol. The summed E-state index contributed by atoms with van der Waals surface area (Å²) in [5.74, 6) is -0.512. The predicted octanol–water partition coefficient (Wildman–Crippen LogP) is 1.66. The number of piperidine rings is 1. The van der Waals surface area contributed by atoms with Crippen LogP contribution in [0.4, 0.5) is 4.79 Å². The summed E-state index contributed by atoms with van der Waals surface area (Å²) < 4.78 is 4.70. The van der Waals surface area contributed by atoms with Crippen LogP contribution in [0.15, 0.2) is 0 Å². The molecule has 0 aromatic carbocycles. The maximum absolute atomic E-state index is 13.1. The van der Waals surface area contributed by atoms with Crippen LogP contribution >= 0.6 is 0 Å². The van der Waals surface area contributed by atoms with Gasteiger partial charge < -0.3 is 19.9 Å². The Morgan fingerprint density at radius 3 is 2.48 bits per heavy atom. The molecule has 3 aliphatic rings. The maximum atomic E-state index is 13.1. The van der Waals surface area contributed by atoms with Crippen LogP contribution in [-0.4, -0.2) is 66.0 Å². The minimum Gasteiger partial charge on any atom is -0.468 e. The van der Waals surface area contributed by atoms with Crippen LogP contribution in [0.1, 0.15) is 57.8 Å². The number of methoxy groups -OCH3 is 1. The topological polar surface area (TPSA) is 79.0 Å². The SMILES string of the molecule is COC(=O)CN1CCC[C@@]2(CCCN2C(=O)NC2CCCCC2)C1=O. The van der Waals surface area contributed by atoms with Gasteiger partial charge in [-0.25, -0.2) is 4.79 Å². The Labute approximate surface area is 149 Å². The summed E-state index contributed by atoms with van der Waals surface area (Å²) in [7, 11) is 1.33. The Bertz CT molecular complexity index is 532. The molecule has 25 heavy (non-hydrogen) atoms. The van der Waals surface area contributed by atoms with Gasteiger partial charge in [-0.1, -0.05) is 19.3 Å². The van der Waals surface area contributed by atoms with E-state index in [1.54, 1.807) is 9.80 Å². The maximum Gasteiger partial charge on any atom is 0.325 e. The number of ether oxygens (including phenoxy) is 1. The molecule has 0 unspecified atom stereocenters. The zero-order chi connectivity index (χ0) is 17.9. The number of carbonyl (C=O) groups excluding carboxylic acids is 3. The van der Waals surface area contributed by atoms with E-state index >= 15 is 0 Å². The summed E-state index contributed by atoms with van der Waals surface area (Å²) in [6.45, 7) is 1.12. The first kappa shape index (κ1) is 18.0. The van der Waals surface area contributed by atoms with Crippen molar-refractivity contribution >= 4 is 17.9 Å². The number of likely N-dealkylation sites (tertiary alicyclic amines) is 2. The highest BCUT2D eigenvalue weighted by Gasteiger charge is 2.53. The van der Waals surface area contributed by atoms with Crippen LogP contribution in [0.25, 0.3) is 0 Å². The van der Waals surface area contributed by atoms with Gasteiger partial charge in [-0.2, -0.15) is 0 Å². The molecule has 1 saturated carbocycles. The van der Waals surface area contributed by atoms with Gasteiger partial charge in [-0.3, -0.25) is 9.59 Å². The number of amides is 3. The standard InChI is InChI=1S/C18H29N3O4/c1-25-15(22)13-20-11-5-9-18(16(20)23)10-6-12-21(18)17(24)19-14-7-3-2-4-8-14/h14H,2-13H2,1H3,(H,19,24)/t18-/m1/s1. The van der Waals surface area contributed by atoms with Crippen LogP contribution in [-0.2, 0) is 14.3 Å². The molecule has 1 atom stereocenters. The molecule has 140 valence electrons. The molecule has 0 bridgehead atoms. The molecule has 3 rings (SSSR count). The first-order chi connectivity index (χ1) is 12.1. The Hall–Kier alpha value is -1.79. The van der Waals surface area contributed by atoms with Crippen molar-refractivity contribution in [2.75, 3.05) is 26.7 Å². The van der Waals surface area contributed by atoms with E-state index in [0.29, 0.717) is 25.9 Å². The Morgan fingerprint density at radius 1 is 1.12 bits per heavy atom.